The van der Waals surface area contributed by atoms with E-state index in [2.05, 4.69) is 23.3 Å². The average Bonchev–Trinajstić information content (AvgIpc) is 3.46. The topological polar surface area (TPSA) is 45.2 Å². The van der Waals surface area contributed by atoms with Crippen LogP contribution in [0.3, 0.4) is 0 Å². The largest absolute Gasteiger partial charge is 0.322 e. The van der Waals surface area contributed by atoms with Crippen LogP contribution in [-0.4, -0.2) is 28.0 Å². The molecular weight excluding hydrogens is 341 g/mol. The molecule has 2 aromatic rings. The van der Waals surface area contributed by atoms with Gasteiger partial charge in [0.1, 0.15) is 5.82 Å². The van der Waals surface area contributed by atoms with Gasteiger partial charge in [-0.2, -0.15) is 0 Å². The van der Waals surface area contributed by atoms with Crippen molar-refractivity contribution in [3.63, 3.8) is 0 Å². The van der Waals surface area contributed by atoms with E-state index in [9.17, 15) is 9.18 Å². The van der Waals surface area contributed by atoms with Gasteiger partial charge in [0.25, 0.3) is 0 Å². The SMILES string of the molecule is CC1C[C@@H]2C[C@H](C1)N2C(=O)Nc1ccc(C2CC2)c(-c2cncc(F)c2)c1. The molecule has 1 aromatic heterocycles. The Labute approximate surface area is 158 Å². The van der Waals surface area contributed by atoms with Crippen molar-refractivity contribution in [1.82, 2.24) is 9.88 Å². The number of amides is 2. The summed E-state index contributed by atoms with van der Waals surface area (Å²) in [6.45, 7) is 2.27. The Hall–Kier alpha value is -2.43. The van der Waals surface area contributed by atoms with Gasteiger partial charge in [-0.3, -0.25) is 4.98 Å². The zero-order chi connectivity index (χ0) is 18.5. The van der Waals surface area contributed by atoms with Crippen molar-refractivity contribution >= 4 is 11.7 Å². The van der Waals surface area contributed by atoms with Crippen LogP contribution in [0.2, 0.25) is 0 Å². The molecule has 2 aliphatic heterocycles. The van der Waals surface area contributed by atoms with Crippen LogP contribution in [0.25, 0.3) is 11.1 Å². The number of rotatable bonds is 3. The summed E-state index contributed by atoms with van der Waals surface area (Å²) in [6, 6.07) is 8.30. The molecule has 1 aromatic carbocycles. The maximum Gasteiger partial charge on any atom is 0.322 e. The second kappa shape index (κ2) is 6.32. The number of aromatic nitrogens is 1. The van der Waals surface area contributed by atoms with Crippen LogP contribution in [0.15, 0.2) is 36.7 Å². The molecule has 2 saturated carbocycles. The predicted octanol–water partition coefficient (Wildman–Crippen LogP) is 5.17. The van der Waals surface area contributed by atoms with Gasteiger partial charge in [-0.25, -0.2) is 9.18 Å². The Kier molecular flexibility index (Phi) is 3.92. The number of carbonyl (C=O) groups is 1. The summed E-state index contributed by atoms with van der Waals surface area (Å²) in [7, 11) is 0. The van der Waals surface area contributed by atoms with E-state index >= 15 is 0 Å². The number of carbonyl (C=O) groups excluding carboxylic acids is 1. The minimum absolute atomic E-state index is 0.00867. The molecule has 2 saturated heterocycles. The number of fused-ring (bicyclic) bond motifs is 2. The summed E-state index contributed by atoms with van der Waals surface area (Å²) < 4.78 is 13.7. The van der Waals surface area contributed by atoms with Crippen LogP contribution in [0.4, 0.5) is 14.9 Å². The highest BCUT2D eigenvalue weighted by Gasteiger charge is 2.46. The Bertz CT molecular complexity index is 883. The van der Waals surface area contributed by atoms with E-state index in [0.717, 1.165) is 48.9 Å². The quantitative estimate of drug-likeness (QED) is 0.815. The van der Waals surface area contributed by atoms with E-state index < -0.39 is 0 Å². The van der Waals surface area contributed by atoms with E-state index in [-0.39, 0.29) is 11.8 Å². The summed E-state index contributed by atoms with van der Waals surface area (Å²) in [5.41, 5.74) is 3.72. The number of nitrogens with zero attached hydrogens (tertiary/aromatic N) is 2. The fraction of sp³-hybridized carbons (Fsp3) is 0.455. The normalized spacial score (nSPS) is 26.4. The third-order valence-electron chi connectivity index (χ3n) is 6.25. The van der Waals surface area contributed by atoms with Crippen molar-refractivity contribution < 1.29 is 9.18 Å². The number of urea groups is 1. The molecule has 3 heterocycles. The first-order valence-electron chi connectivity index (χ1n) is 9.92. The number of hydrogen-bond acceptors (Lipinski definition) is 2. The Morgan fingerprint density at radius 3 is 2.63 bits per heavy atom. The highest BCUT2D eigenvalue weighted by Crippen LogP contribution is 2.45. The highest BCUT2D eigenvalue weighted by atomic mass is 19.1. The molecule has 4 fully saturated rings. The molecule has 4 aliphatic rings. The Morgan fingerprint density at radius 1 is 1.15 bits per heavy atom. The number of piperidine rings is 1. The zero-order valence-electron chi connectivity index (χ0n) is 15.5. The van der Waals surface area contributed by atoms with Crippen LogP contribution in [0.5, 0.6) is 0 Å². The van der Waals surface area contributed by atoms with E-state index in [0.29, 0.717) is 23.9 Å². The van der Waals surface area contributed by atoms with Gasteiger partial charge in [-0.1, -0.05) is 13.0 Å². The van der Waals surface area contributed by atoms with Gasteiger partial charge < -0.3 is 10.2 Å². The van der Waals surface area contributed by atoms with Crippen LogP contribution in [-0.2, 0) is 0 Å². The number of benzene rings is 1. The van der Waals surface area contributed by atoms with E-state index in [1.807, 2.05) is 17.0 Å². The standard InChI is InChI=1S/C22H24FN3O/c1-13-6-18-10-19(7-13)26(18)22(27)25-17-4-5-20(14-2-3-14)21(9-17)15-8-16(23)12-24-11-15/h4-5,8-9,11-14,18-19H,2-3,6-7,10H2,1H3,(H,25,27)/t13?,18-,19+. The molecule has 27 heavy (non-hydrogen) atoms. The van der Waals surface area contributed by atoms with Crippen LogP contribution in [0, 0.1) is 11.7 Å². The number of hydrogen-bond donors (Lipinski definition) is 1. The van der Waals surface area contributed by atoms with Gasteiger partial charge in [-0.05, 0) is 73.3 Å². The van der Waals surface area contributed by atoms with Gasteiger partial charge >= 0.3 is 6.03 Å². The molecule has 1 N–H and O–H groups in total. The zero-order valence-corrected chi connectivity index (χ0v) is 15.5. The number of anilines is 1. The summed E-state index contributed by atoms with van der Waals surface area (Å²) in [4.78, 5) is 18.8. The summed E-state index contributed by atoms with van der Waals surface area (Å²) in [5, 5.41) is 3.07. The monoisotopic (exact) mass is 365 g/mol. The lowest BCUT2D eigenvalue weighted by atomic mass is 9.74. The average molecular weight is 365 g/mol. The van der Waals surface area contributed by atoms with E-state index in [1.54, 1.807) is 6.20 Å². The maximum atomic E-state index is 13.7. The molecular formula is C22H24FN3O. The fourth-order valence-electron chi connectivity index (χ4n) is 4.86. The van der Waals surface area contributed by atoms with Crippen molar-refractivity contribution in [3.8, 4) is 11.1 Å². The minimum Gasteiger partial charge on any atom is -0.318 e. The van der Waals surface area contributed by atoms with Crippen LogP contribution < -0.4 is 5.32 Å². The lowest BCUT2D eigenvalue weighted by molar-refractivity contribution is -0.00600. The molecule has 2 aliphatic carbocycles. The van der Waals surface area contributed by atoms with Crippen LogP contribution >= 0.6 is 0 Å². The van der Waals surface area contributed by atoms with Gasteiger partial charge in [0.15, 0.2) is 0 Å². The van der Waals surface area contributed by atoms with Crippen molar-refractivity contribution in [2.24, 2.45) is 5.92 Å². The molecule has 2 amide bonds. The molecule has 0 radical (unpaired) electrons. The van der Waals surface area contributed by atoms with Gasteiger partial charge in [0.2, 0.25) is 0 Å². The third-order valence-corrected chi connectivity index (χ3v) is 6.25. The second-order valence-corrected chi connectivity index (χ2v) is 8.43. The molecule has 5 heteroatoms. The fourth-order valence-corrected chi connectivity index (χ4v) is 4.86. The lowest BCUT2D eigenvalue weighted by Crippen LogP contribution is -2.63. The molecule has 140 valence electrons. The summed E-state index contributed by atoms with van der Waals surface area (Å²) in [6.07, 6.45) is 8.58. The van der Waals surface area contributed by atoms with Crippen molar-refractivity contribution in [1.29, 1.82) is 0 Å². The molecule has 2 bridgehead atoms. The third kappa shape index (κ3) is 3.09. The molecule has 4 nitrogen and oxygen atoms in total. The van der Waals surface area contributed by atoms with Gasteiger partial charge in [0.05, 0.1) is 6.20 Å². The Balaban J connectivity index is 1.40. The van der Waals surface area contributed by atoms with E-state index in [4.69, 9.17) is 0 Å². The van der Waals surface area contributed by atoms with Gasteiger partial charge in [0, 0.05) is 29.5 Å². The first kappa shape index (κ1) is 16.7. The minimum atomic E-state index is -0.341. The molecule has 1 unspecified atom stereocenters. The number of pyridine rings is 1. The van der Waals surface area contributed by atoms with Crippen LogP contribution in [0.1, 0.15) is 50.5 Å². The lowest BCUT2D eigenvalue weighted by Gasteiger charge is -2.54. The smallest absolute Gasteiger partial charge is 0.318 e. The van der Waals surface area contributed by atoms with Gasteiger partial charge in [-0.15, -0.1) is 0 Å². The predicted molar refractivity (Wildman–Crippen MR) is 103 cm³/mol. The Morgan fingerprint density at radius 2 is 1.93 bits per heavy atom. The molecule has 0 spiro atoms. The van der Waals surface area contributed by atoms with Crippen molar-refractivity contribution in [2.75, 3.05) is 5.32 Å². The highest BCUT2D eigenvalue weighted by molar-refractivity contribution is 5.91. The number of halogens is 1. The molecule has 6 rings (SSSR count). The first-order chi connectivity index (χ1) is 13.1. The van der Waals surface area contributed by atoms with Crippen molar-refractivity contribution in [3.05, 3.63) is 48.0 Å². The maximum absolute atomic E-state index is 13.7. The first-order valence-corrected chi connectivity index (χ1v) is 9.92. The summed E-state index contributed by atoms with van der Waals surface area (Å²) in [5.74, 6) is 0.901. The second-order valence-electron chi connectivity index (χ2n) is 8.43. The summed E-state index contributed by atoms with van der Waals surface area (Å²) >= 11 is 0. The number of nitrogens with one attached hydrogen (secondary N) is 1. The van der Waals surface area contributed by atoms with E-state index in [1.165, 1.54) is 17.8 Å². The molecule has 3 atom stereocenters. The van der Waals surface area contributed by atoms with Crippen molar-refractivity contribution in [2.45, 2.75) is 57.0 Å².